The number of ether oxygens (including phenoxy) is 1. The van der Waals surface area contributed by atoms with E-state index in [9.17, 15) is 4.79 Å². The monoisotopic (exact) mass is 326 g/mol. The van der Waals surface area contributed by atoms with Gasteiger partial charge in [-0.25, -0.2) is 0 Å². The van der Waals surface area contributed by atoms with E-state index >= 15 is 0 Å². The minimum atomic E-state index is -0.792. The van der Waals surface area contributed by atoms with Crippen LogP contribution in [-0.2, 0) is 14.9 Å². The summed E-state index contributed by atoms with van der Waals surface area (Å²) in [5.74, 6) is -0.0673. The van der Waals surface area contributed by atoms with Gasteiger partial charge in [-0.2, -0.15) is 0 Å². The van der Waals surface area contributed by atoms with Crippen molar-refractivity contribution in [1.82, 2.24) is 5.32 Å². The van der Waals surface area contributed by atoms with Crippen molar-refractivity contribution in [1.29, 1.82) is 0 Å². The number of carbonyl (C=O) groups is 1. The van der Waals surface area contributed by atoms with Crippen LogP contribution in [0.4, 0.5) is 0 Å². The van der Waals surface area contributed by atoms with Gasteiger partial charge in [-0.1, -0.05) is 44.2 Å². The zero-order valence-corrected chi connectivity index (χ0v) is 14.4. The summed E-state index contributed by atoms with van der Waals surface area (Å²) in [5.41, 5.74) is 6.50. The Morgan fingerprint density at radius 2 is 1.82 bits per heavy atom. The van der Waals surface area contributed by atoms with Gasteiger partial charge in [0, 0.05) is 24.7 Å². The van der Waals surface area contributed by atoms with Gasteiger partial charge in [0.05, 0.1) is 5.54 Å². The second-order valence-electron chi connectivity index (χ2n) is 6.55. The molecule has 1 heterocycles. The van der Waals surface area contributed by atoms with Crippen molar-refractivity contribution in [2.75, 3.05) is 13.2 Å². The smallest absolute Gasteiger partial charge is 0.240 e. The lowest BCUT2D eigenvalue weighted by atomic mass is 9.78. The lowest BCUT2D eigenvalue weighted by Gasteiger charge is -2.37. The van der Waals surface area contributed by atoms with Crippen molar-refractivity contribution in [3.05, 3.63) is 35.9 Å². The zero-order chi connectivity index (χ0) is 15.5. The standard InChI is InChI=1S/C17H26N2O2.ClH/c1-13(16(2,3)14-7-5-4-6-8-14)19-15(20)17(18)9-11-21-12-10-17;/h4-8,13H,9-12,18H2,1-3H3,(H,19,20);1H. The average molecular weight is 327 g/mol. The topological polar surface area (TPSA) is 64.4 Å². The number of hydrogen-bond acceptors (Lipinski definition) is 3. The molecule has 1 fully saturated rings. The average Bonchev–Trinajstić information content (AvgIpc) is 2.48. The predicted octanol–water partition coefficient (Wildman–Crippen LogP) is 2.40. The van der Waals surface area contributed by atoms with Crippen LogP contribution < -0.4 is 11.1 Å². The maximum Gasteiger partial charge on any atom is 0.240 e. The van der Waals surface area contributed by atoms with E-state index in [1.807, 2.05) is 25.1 Å². The fourth-order valence-corrected chi connectivity index (χ4v) is 2.60. The van der Waals surface area contributed by atoms with Gasteiger partial charge in [-0.05, 0) is 25.3 Å². The number of rotatable bonds is 4. The minimum Gasteiger partial charge on any atom is -0.381 e. The maximum atomic E-state index is 12.5. The first-order chi connectivity index (χ1) is 9.86. The fourth-order valence-electron chi connectivity index (χ4n) is 2.60. The van der Waals surface area contributed by atoms with E-state index in [0.717, 1.165) is 0 Å². The Morgan fingerprint density at radius 3 is 2.36 bits per heavy atom. The normalized spacial score (nSPS) is 18.9. The summed E-state index contributed by atoms with van der Waals surface area (Å²) in [6, 6.07) is 10.2. The van der Waals surface area contributed by atoms with Crippen LogP contribution in [-0.4, -0.2) is 30.7 Å². The van der Waals surface area contributed by atoms with Gasteiger partial charge in [0.2, 0.25) is 5.91 Å². The molecule has 1 aromatic rings. The van der Waals surface area contributed by atoms with Crippen molar-refractivity contribution in [3.63, 3.8) is 0 Å². The molecular weight excluding hydrogens is 300 g/mol. The Kier molecular flexibility index (Phi) is 6.41. The first-order valence-electron chi connectivity index (χ1n) is 7.59. The first kappa shape index (κ1) is 18.9. The zero-order valence-electron chi connectivity index (χ0n) is 13.6. The summed E-state index contributed by atoms with van der Waals surface area (Å²) in [6.45, 7) is 7.43. The van der Waals surface area contributed by atoms with Gasteiger partial charge in [-0.3, -0.25) is 4.79 Å². The SMILES string of the molecule is CC(NC(=O)C1(N)CCOCC1)C(C)(C)c1ccccc1.Cl. The molecule has 1 atom stereocenters. The summed E-state index contributed by atoms with van der Waals surface area (Å²) in [4.78, 5) is 12.5. The van der Waals surface area contributed by atoms with Gasteiger partial charge in [0.25, 0.3) is 0 Å². The van der Waals surface area contributed by atoms with Crippen LogP contribution in [0, 0.1) is 0 Å². The molecule has 0 aromatic heterocycles. The summed E-state index contributed by atoms with van der Waals surface area (Å²) in [7, 11) is 0. The number of hydrogen-bond donors (Lipinski definition) is 2. The molecule has 1 unspecified atom stereocenters. The fraction of sp³-hybridized carbons (Fsp3) is 0.588. The van der Waals surface area contributed by atoms with Gasteiger partial charge in [0.1, 0.15) is 0 Å². The quantitative estimate of drug-likeness (QED) is 0.893. The Bertz CT molecular complexity index is 485. The molecule has 1 aliphatic heterocycles. The molecular formula is C17H27ClN2O2. The van der Waals surface area contributed by atoms with Crippen molar-refractivity contribution in [2.24, 2.45) is 5.73 Å². The maximum absolute atomic E-state index is 12.5. The van der Waals surface area contributed by atoms with Crippen LogP contribution >= 0.6 is 12.4 Å². The van der Waals surface area contributed by atoms with Crippen molar-refractivity contribution in [3.8, 4) is 0 Å². The molecule has 22 heavy (non-hydrogen) atoms. The first-order valence-corrected chi connectivity index (χ1v) is 7.59. The third-order valence-corrected chi connectivity index (χ3v) is 4.79. The molecule has 0 saturated carbocycles. The van der Waals surface area contributed by atoms with Gasteiger partial charge >= 0.3 is 0 Å². The highest BCUT2D eigenvalue weighted by atomic mass is 35.5. The molecule has 3 N–H and O–H groups in total. The minimum absolute atomic E-state index is 0. The summed E-state index contributed by atoms with van der Waals surface area (Å²) in [6.07, 6.45) is 1.16. The highest BCUT2D eigenvalue weighted by Crippen LogP contribution is 2.27. The van der Waals surface area contributed by atoms with E-state index in [-0.39, 0.29) is 29.8 Å². The molecule has 2 rings (SSSR count). The second-order valence-corrected chi connectivity index (χ2v) is 6.55. The van der Waals surface area contributed by atoms with E-state index in [0.29, 0.717) is 26.1 Å². The van der Waals surface area contributed by atoms with E-state index in [4.69, 9.17) is 10.5 Å². The third-order valence-electron chi connectivity index (χ3n) is 4.79. The molecule has 4 nitrogen and oxygen atoms in total. The molecule has 1 amide bonds. The molecule has 1 aliphatic rings. The molecule has 5 heteroatoms. The van der Waals surface area contributed by atoms with Crippen LogP contribution in [0.5, 0.6) is 0 Å². The summed E-state index contributed by atoms with van der Waals surface area (Å²) in [5, 5.41) is 3.11. The van der Waals surface area contributed by atoms with Crippen LogP contribution in [0.2, 0.25) is 0 Å². The summed E-state index contributed by atoms with van der Waals surface area (Å²) >= 11 is 0. The Balaban J connectivity index is 0.00000242. The van der Waals surface area contributed by atoms with E-state index < -0.39 is 5.54 Å². The molecule has 1 saturated heterocycles. The van der Waals surface area contributed by atoms with Crippen LogP contribution in [0.1, 0.15) is 39.2 Å². The number of carbonyl (C=O) groups excluding carboxylic acids is 1. The van der Waals surface area contributed by atoms with Crippen molar-refractivity contribution < 1.29 is 9.53 Å². The lowest BCUT2D eigenvalue weighted by molar-refractivity contribution is -0.130. The second kappa shape index (κ2) is 7.44. The van der Waals surface area contributed by atoms with Crippen LogP contribution in [0.3, 0.4) is 0 Å². The van der Waals surface area contributed by atoms with Crippen LogP contribution in [0.25, 0.3) is 0 Å². The Labute approximate surface area is 139 Å². The number of halogens is 1. The van der Waals surface area contributed by atoms with Gasteiger partial charge in [0.15, 0.2) is 0 Å². The number of amides is 1. The number of nitrogens with one attached hydrogen (secondary N) is 1. The molecule has 124 valence electrons. The van der Waals surface area contributed by atoms with E-state index in [1.54, 1.807) is 0 Å². The molecule has 1 aromatic carbocycles. The summed E-state index contributed by atoms with van der Waals surface area (Å²) < 4.78 is 5.30. The largest absolute Gasteiger partial charge is 0.381 e. The third kappa shape index (κ3) is 4.00. The molecule has 0 bridgehead atoms. The molecule has 0 aliphatic carbocycles. The van der Waals surface area contributed by atoms with Gasteiger partial charge < -0.3 is 15.8 Å². The lowest BCUT2D eigenvalue weighted by Crippen LogP contribution is -2.60. The molecule has 0 radical (unpaired) electrons. The predicted molar refractivity (Wildman–Crippen MR) is 91.3 cm³/mol. The van der Waals surface area contributed by atoms with Gasteiger partial charge in [-0.15, -0.1) is 12.4 Å². The highest BCUT2D eigenvalue weighted by molar-refractivity contribution is 5.86. The van der Waals surface area contributed by atoms with Crippen LogP contribution in [0.15, 0.2) is 30.3 Å². The Morgan fingerprint density at radius 1 is 1.27 bits per heavy atom. The highest BCUT2D eigenvalue weighted by Gasteiger charge is 2.38. The Hall–Kier alpha value is -1.10. The number of nitrogens with two attached hydrogens (primary N) is 1. The van der Waals surface area contributed by atoms with Crippen molar-refractivity contribution >= 4 is 18.3 Å². The number of benzene rings is 1. The van der Waals surface area contributed by atoms with Crippen molar-refractivity contribution in [2.45, 2.75) is 50.6 Å². The molecule has 0 spiro atoms. The van der Waals surface area contributed by atoms with E-state index in [2.05, 4.69) is 31.3 Å². The van der Waals surface area contributed by atoms with E-state index in [1.165, 1.54) is 5.56 Å².